The molecule has 1 heterocycles. The van der Waals surface area contributed by atoms with Gasteiger partial charge in [0.2, 0.25) is 9.67 Å². The Bertz CT molecular complexity index is 256. The zero-order chi connectivity index (χ0) is 9.19. The summed E-state index contributed by atoms with van der Waals surface area (Å²) in [6.07, 6.45) is 0. The van der Waals surface area contributed by atoms with Crippen molar-refractivity contribution >= 4 is 34.8 Å². The number of ether oxygens (including phenoxy) is 1. The highest BCUT2D eigenvalue weighted by Crippen LogP contribution is 2.37. The molecule has 0 fully saturated rings. The van der Waals surface area contributed by atoms with Crippen molar-refractivity contribution < 1.29 is 4.74 Å². The molecule has 1 N–H and O–H groups in total. The molecule has 0 aliphatic carbocycles. The molecule has 1 rings (SSSR count). The quantitative estimate of drug-likeness (QED) is 0.792. The average Bonchev–Trinajstić information content (AvgIpc) is 2.35. The molecule has 0 saturated carbocycles. The minimum atomic E-state index is -1.47. The fourth-order valence-corrected chi connectivity index (χ4v) is 0.961. The second-order valence-corrected chi connectivity index (χ2v) is 4.33. The molecule has 0 aromatic carbocycles. The third kappa shape index (κ3) is 2.44. The van der Waals surface area contributed by atoms with Gasteiger partial charge >= 0.3 is 0 Å². The van der Waals surface area contributed by atoms with Crippen molar-refractivity contribution in [3.63, 3.8) is 0 Å². The zero-order valence-corrected chi connectivity index (χ0v) is 8.54. The Labute approximate surface area is 84.9 Å². The van der Waals surface area contributed by atoms with Gasteiger partial charge in [0.1, 0.15) is 0 Å². The lowest BCUT2D eigenvalue weighted by molar-refractivity contribution is 0.326. The minimum absolute atomic E-state index is 0.399. The maximum absolute atomic E-state index is 5.58. The topological polar surface area (TPSA) is 37.9 Å². The molecule has 6 heteroatoms. The van der Waals surface area contributed by atoms with Crippen molar-refractivity contribution in [2.24, 2.45) is 0 Å². The van der Waals surface area contributed by atoms with Crippen LogP contribution in [0.4, 0.5) is 0 Å². The molecule has 1 aromatic rings. The molecule has 12 heavy (non-hydrogen) atoms. The van der Waals surface area contributed by atoms with Gasteiger partial charge in [0.25, 0.3) is 0 Å². The van der Waals surface area contributed by atoms with Crippen LogP contribution in [-0.2, 0) is 3.79 Å². The van der Waals surface area contributed by atoms with Crippen LogP contribution in [0.1, 0.15) is 12.6 Å². The molecule has 0 amide bonds. The van der Waals surface area contributed by atoms with Crippen LogP contribution in [0.5, 0.6) is 5.88 Å². The van der Waals surface area contributed by atoms with E-state index < -0.39 is 3.79 Å². The first kappa shape index (κ1) is 9.96. The number of aromatic nitrogens is 2. The van der Waals surface area contributed by atoms with Crippen LogP contribution < -0.4 is 4.74 Å². The van der Waals surface area contributed by atoms with E-state index >= 15 is 0 Å². The van der Waals surface area contributed by atoms with Crippen molar-refractivity contribution in [3.05, 3.63) is 11.8 Å². The summed E-state index contributed by atoms with van der Waals surface area (Å²) in [5.74, 6) is 0.429. The Morgan fingerprint density at radius 3 is 2.67 bits per heavy atom. The van der Waals surface area contributed by atoms with Gasteiger partial charge in [-0.15, -0.1) is 5.10 Å². The Balaban J connectivity index is 2.77. The monoisotopic (exact) mass is 228 g/mol. The van der Waals surface area contributed by atoms with E-state index in [1.54, 1.807) is 6.07 Å². The number of alkyl halides is 3. The van der Waals surface area contributed by atoms with Gasteiger partial charge in [0.05, 0.1) is 12.3 Å². The first-order valence-corrected chi connectivity index (χ1v) is 4.43. The lowest BCUT2D eigenvalue weighted by atomic mass is 10.5. The lowest BCUT2D eigenvalue weighted by Gasteiger charge is -2.05. The largest absolute Gasteiger partial charge is 0.477 e. The number of nitrogens with zero attached hydrogens (tertiary/aromatic N) is 1. The molecule has 0 atom stereocenters. The molecule has 0 spiro atoms. The highest BCUT2D eigenvalue weighted by molar-refractivity contribution is 6.66. The lowest BCUT2D eigenvalue weighted by Crippen LogP contribution is -1.99. The van der Waals surface area contributed by atoms with Gasteiger partial charge in [-0.05, 0) is 6.92 Å². The van der Waals surface area contributed by atoms with E-state index in [1.807, 2.05) is 6.92 Å². The van der Waals surface area contributed by atoms with E-state index in [0.717, 1.165) is 0 Å². The predicted octanol–water partition coefficient (Wildman–Crippen LogP) is 2.64. The highest BCUT2D eigenvalue weighted by atomic mass is 35.6. The summed E-state index contributed by atoms with van der Waals surface area (Å²) in [6.45, 7) is 2.38. The number of rotatable bonds is 2. The highest BCUT2D eigenvalue weighted by Gasteiger charge is 2.25. The van der Waals surface area contributed by atoms with Crippen LogP contribution in [0.2, 0.25) is 0 Å². The molecular formula is C6H7Cl3N2O. The third-order valence-corrected chi connectivity index (χ3v) is 1.76. The average molecular weight is 229 g/mol. The van der Waals surface area contributed by atoms with Crippen LogP contribution in [0.3, 0.4) is 0 Å². The first-order valence-electron chi connectivity index (χ1n) is 3.29. The summed E-state index contributed by atoms with van der Waals surface area (Å²) >= 11 is 16.7. The van der Waals surface area contributed by atoms with Crippen molar-refractivity contribution in [3.8, 4) is 5.88 Å². The fourth-order valence-electron chi connectivity index (χ4n) is 0.670. The van der Waals surface area contributed by atoms with Crippen LogP contribution >= 0.6 is 34.8 Å². The van der Waals surface area contributed by atoms with Gasteiger partial charge < -0.3 is 4.74 Å². The summed E-state index contributed by atoms with van der Waals surface area (Å²) < 4.78 is 3.59. The Morgan fingerprint density at radius 2 is 2.25 bits per heavy atom. The Hall–Kier alpha value is -0.120. The Morgan fingerprint density at radius 1 is 1.58 bits per heavy atom. The van der Waals surface area contributed by atoms with Crippen LogP contribution in [0.15, 0.2) is 6.07 Å². The van der Waals surface area contributed by atoms with E-state index in [4.69, 9.17) is 39.5 Å². The normalized spacial score (nSPS) is 11.7. The molecule has 0 saturated heterocycles. The van der Waals surface area contributed by atoms with Crippen LogP contribution in [0, 0.1) is 0 Å². The summed E-state index contributed by atoms with van der Waals surface area (Å²) in [7, 11) is 0. The summed E-state index contributed by atoms with van der Waals surface area (Å²) in [5, 5.41) is 6.33. The summed E-state index contributed by atoms with van der Waals surface area (Å²) in [5.41, 5.74) is 0.399. The summed E-state index contributed by atoms with van der Waals surface area (Å²) in [6, 6.07) is 1.55. The standard InChI is InChI=1S/C6H7Cl3N2O/c1-2-12-5-3-4(10-11-5)6(7,8)9/h3H,2H2,1H3,(H,10,11). The van der Waals surface area contributed by atoms with E-state index in [0.29, 0.717) is 18.2 Å². The number of halogens is 3. The van der Waals surface area contributed by atoms with E-state index in [9.17, 15) is 0 Å². The van der Waals surface area contributed by atoms with Gasteiger partial charge in [-0.25, -0.2) is 0 Å². The maximum Gasteiger partial charge on any atom is 0.232 e. The number of H-pyrrole nitrogens is 1. The smallest absolute Gasteiger partial charge is 0.232 e. The first-order chi connectivity index (χ1) is 5.54. The van der Waals surface area contributed by atoms with Gasteiger partial charge in [-0.1, -0.05) is 34.8 Å². The summed E-state index contributed by atoms with van der Waals surface area (Å²) in [4.78, 5) is 0. The van der Waals surface area contributed by atoms with E-state index in [1.165, 1.54) is 0 Å². The molecule has 0 bridgehead atoms. The molecule has 0 aliphatic rings. The molecule has 0 unspecified atom stereocenters. The van der Waals surface area contributed by atoms with Crippen molar-refractivity contribution in [1.29, 1.82) is 0 Å². The van der Waals surface area contributed by atoms with Gasteiger partial charge in [0.15, 0.2) is 0 Å². The third-order valence-electron chi connectivity index (χ3n) is 1.15. The number of hydrogen-bond acceptors (Lipinski definition) is 2. The maximum atomic E-state index is 5.58. The predicted molar refractivity (Wildman–Crippen MR) is 49.0 cm³/mol. The second kappa shape index (κ2) is 3.73. The van der Waals surface area contributed by atoms with E-state index in [2.05, 4.69) is 10.2 Å². The Kier molecular flexibility index (Phi) is 3.09. The van der Waals surface area contributed by atoms with Crippen molar-refractivity contribution in [1.82, 2.24) is 10.2 Å². The zero-order valence-electron chi connectivity index (χ0n) is 6.27. The molecular weight excluding hydrogens is 222 g/mol. The van der Waals surface area contributed by atoms with Crippen LogP contribution in [-0.4, -0.2) is 16.8 Å². The molecule has 0 radical (unpaired) electrons. The number of hydrogen-bond donors (Lipinski definition) is 1. The van der Waals surface area contributed by atoms with Crippen LogP contribution in [0.25, 0.3) is 0 Å². The van der Waals surface area contributed by atoms with Gasteiger partial charge in [-0.3, -0.25) is 5.10 Å². The molecule has 68 valence electrons. The van der Waals surface area contributed by atoms with E-state index in [-0.39, 0.29) is 0 Å². The molecule has 0 aliphatic heterocycles. The fraction of sp³-hybridized carbons (Fsp3) is 0.500. The minimum Gasteiger partial charge on any atom is -0.477 e. The van der Waals surface area contributed by atoms with Crippen molar-refractivity contribution in [2.45, 2.75) is 10.7 Å². The SMILES string of the molecule is CCOc1cc(C(Cl)(Cl)Cl)[nH]n1. The van der Waals surface area contributed by atoms with Gasteiger partial charge in [0, 0.05) is 6.07 Å². The molecule has 1 aromatic heterocycles. The molecule has 3 nitrogen and oxygen atoms in total. The number of nitrogens with one attached hydrogen (secondary N) is 1. The number of aromatic amines is 1. The van der Waals surface area contributed by atoms with Gasteiger partial charge in [-0.2, -0.15) is 0 Å². The second-order valence-electron chi connectivity index (χ2n) is 2.05. The van der Waals surface area contributed by atoms with Crippen molar-refractivity contribution in [2.75, 3.05) is 6.61 Å².